The Morgan fingerprint density at radius 3 is 2.77 bits per heavy atom. The molecule has 22 heavy (non-hydrogen) atoms. The van der Waals surface area contributed by atoms with E-state index in [-0.39, 0.29) is 11.2 Å². The van der Waals surface area contributed by atoms with Crippen molar-refractivity contribution in [2.24, 2.45) is 0 Å². The molecule has 0 aliphatic carbocycles. The van der Waals surface area contributed by atoms with Gasteiger partial charge < -0.3 is 9.64 Å². The third kappa shape index (κ3) is 2.68. The molecule has 0 saturated heterocycles. The zero-order valence-electron chi connectivity index (χ0n) is 12.6. The van der Waals surface area contributed by atoms with Crippen molar-refractivity contribution >= 4 is 29.4 Å². The Morgan fingerprint density at radius 1 is 1.32 bits per heavy atom. The van der Waals surface area contributed by atoms with Gasteiger partial charge in [-0.3, -0.25) is 9.36 Å². The van der Waals surface area contributed by atoms with Crippen LogP contribution in [0.2, 0.25) is 0 Å². The van der Waals surface area contributed by atoms with Crippen LogP contribution in [0.4, 0.5) is 11.6 Å². The van der Waals surface area contributed by atoms with Crippen molar-refractivity contribution in [1.29, 1.82) is 0 Å². The Bertz CT molecular complexity index is 659. The van der Waals surface area contributed by atoms with Crippen LogP contribution in [-0.2, 0) is 16.1 Å². The van der Waals surface area contributed by atoms with E-state index in [0.29, 0.717) is 6.42 Å². The molecule has 2 heterocycles. The standard InChI is InChI=1S/C15H18N4O2S/c1-3-12(13(20)21-2)22-15-17-16-14-18(9-10-19(14)15)11-7-5-4-6-8-11/h4-8,12H,3,9-10H2,1-2H3. The Hall–Kier alpha value is -2.02. The first kappa shape index (κ1) is 14.9. The van der Waals surface area contributed by atoms with E-state index in [4.69, 9.17) is 4.74 Å². The maximum absolute atomic E-state index is 11.7. The van der Waals surface area contributed by atoms with Crippen LogP contribution in [0, 0.1) is 0 Å². The fourth-order valence-corrected chi connectivity index (χ4v) is 3.47. The summed E-state index contributed by atoms with van der Waals surface area (Å²) in [4.78, 5) is 13.9. The van der Waals surface area contributed by atoms with Gasteiger partial charge in [0, 0.05) is 18.8 Å². The average Bonchev–Trinajstić information content (AvgIpc) is 3.15. The Kier molecular flexibility index (Phi) is 4.33. The van der Waals surface area contributed by atoms with Gasteiger partial charge in [-0.25, -0.2) is 0 Å². The monoisotopic (exact) mass is 318 g/mol. The summed E-state index contributed by atoms with van der Waals surface area (Å²) in [6.45, 7) is 3.64. The van der Waals surface area contributed by atoms with Gasteiger partial charge in [0.2, 0.25) is 5.95 Å². The maximum atomic E-state index is 11.7. The van der Waals surface area contributed by atoms with Crippen LogP contribution in [-0.4, -0.2) is 39.6 Å². The van der Waals surface area contributed by atoms with E-state index < -0.39 is 0 Å². The number of fused-ring (bicyclic) bond motifs is 1. The number of rotatable bonds is 5. The highest BCUT2D eigenvalue weighted by molar-refractivity contribution is 8.00. The molecular formula is C15H18N4O2S. The summed E-state index contributed by atoms with van der Waals surface area (Å²) >= 11 is 1.42. The smallest absolute Gasteiger partial charge is 0.319 e. The molecule has 0 bridgehead atoms. The predicted molar refractivity (Wildman–Crippen MR) is 85.4 cm³/mol. The molecule has 1 aromatic heterocycles. The molecular weight excluding hydrogens is 300 g/mol. The highest BCUT2D eigenvalue weighted by Crippen LogP contribution is 2.33. The molecule has 1 atom stereocenters. The number of nitrogens with zero attached hydrogens (tertiary/aromatic N) is 4. The fourth-order valence-electron chi connectivity index (χ4n) is 2.47. The number of carbonyl (C=O) groups excluding carboxylic acids is 1. The lowest BCUT2D eigenvalue weighted by atomic mass is 10.3. The second-order valence-corrected chi connectivity index (χ2v) is 6.13. The van der Waals surface area contributed by atoms with Gasteiger partial charge in [-0.2, -0.15) is 0 Å². The number of para-hydroxylation sites is 1. The zero-order chi connectivity index (χ0) is 15.5. The minimum atomic E-state index is -0.246. The predicted octanol–water partition coefficient (Wildman–Crippen LogP) is 2.47. The summed E-state index contributed by atoms with van der Waals surface area (Å²) < 4.78 is 6.89. The Labute approximate surface area is 133 Å². The molecule has 1 aromatic carbocycles. The maximum Gasteiger partial charge on any atom is 0.319 e. The van der Waals surface area contributed by atoms with Crippen molar-refractivity contribution in [3.8, 4) is 0 Å². The molecule has 0 N–H and O–H groups in total. The van der Waals surface area contributed by atoms with Crippen molar-refractivity contribution in [1.82, 2.24) is 14.8 Å². The molecule has 7 heteroatoms. The molecule has 1 aliphatic heterocycles. The van der Waals surface area contributed by atoms with E-state index in [2.05, 4.69) is 31.8 Å². The molecule has 1 aliphatic rings. The number of carbonyl (C=O) groups is 1. The first-order chi connectivity index (χ1) is 10.7. The summed E-state index contributed by atoms with van der Waals surface area (Å²) in [5.74, 6) is 0.608. The number of anilines is 2. The number of aromatic nitrogens is 3. The minimum absolute atomic E-state index is 0.220. The molecule has 0 radical (unpaired) electrons. The third-order valence-electron chi connectivity index (χ3n) is 3.64. The van der Waals surface area contributed by atoms with Gasteiger partial charge in [0.15, 0.2) is 5.16 Å². The third-order valence-corrected chi connectivity index (χ3v) is 4.96. The molecule has 0 fully saturated rings. The van der Waals surface area contributed by atoms with Crippen LogP contribution >= 0.6 is 11.8 Å². The zero-order valence-corrected chi connectivity index (χ0v) is 13.4. The SMILES string of the molecule is CCC(Sc1nnc2n1CCN2c1ccccc1)C(=O)OC. The first-order valence-electron chi connectivity index (χ1n) is 7.25. The fraction of sp³-hybridized carbons (Fsp3) is 0.400. The van der Waals surface area contributed by atoms with Crippen molar-refractivity contribution in [3.63, 3.8) is 0 Å². The van der Waals surface area contributed by atoms with Crippen LogP contribution in [0.25, 0.3) is 0 Å². The van der Waals surface area contributed by atoms with Gasteiger partial charge in [0.05, 0.1) is 7.11 Å². The van der Waals surface area contributed by atoms with Crippen LogP contribution in [0.1, 0.15) is 13.3 Å². The Morgan fingerprint density at radius 2 is 2.09 bits per heavy atom. The van der Waals surface area contributed by atoms with Gasteiger partial charge in [0.1, 0.15) is 5.25 Å². The highest BCUT2D eigenvalue weighted by Gasteiger charge is 2.28. The molecule has 2 aromatic rings. The van der Waals surface area contributed by atoms with Gasteiger partial charge in [-0.15, -0.1) is 10.2 Å². The summed E-state index contributed by atoms with van der Waals surface area (Å²) in [6.07, 6.45) is 0.696. The lowest BCUT2D eigenvalue weighted by molar-refractivity contribution is -0.140. The molecule has 6 nitrogen and oxygen atoms in total. The van der Waals surface area contributed by atoms with Crippen molar-refractivity contribution in [2.45, 2.75) is 30.3 Å². The number of ether oxygens (including phenoxy) is 1. The number of esters is 1. The topological polar surface area (TPSA) is 60.2 Å². The summed E-state index contributed by atoms with van der Waals surface area (Å²) in [5, 5.41) is 9.06. The van der Waals surface area contributed by atoms with Gasteiger partial charge in [-0.05, 0) is 18.6 Å². The first-order valence-corrected chi connectivity index (χ1v) is 8.12. The largest absolute Gasteiger partial charge is 0.468 e. The summed E-state index contributed by atoms with van der Waals surface area (Å²) in [7, 11) is 1.41. The van der Waals surface area contributed by atoms with E-state index in [9.17, 15) is 4.79 Å². The number of hydrogen-bond acceptors (Lipinski definition) is 6. The van der Waals surface area contributed by atoms with Gasteiger partial charge in [-0.1, -0.05) is 36.9 Å². The number of benzene rings is 1. The van der Waals surface area contributed by atoms with Crippen molar-refractivity contribution < 1.29 is 9.53 Å². The molecule has 0 saturated carbocycles. The molecule has 0 amide bonds. The van der Waals surface area contributed by atoms with Crippen LogP contribution in [0.5, 0.6) is 0 Å². The molecule has 0 spiro atoms. The normalized spacial score (nSPS) is 14.7. The summed E-state index contributed by atoms with van der Waals surface area (Å²) in [6, 6.07) is 10.1. The van der Waals surface area contributed by atoms with E-state index in [1.165, 1.54) is 18.9 Å². The van der Waals surface area contributed by atoms with Gasteiger partial charge in [0.25, 0.3) is 0 Å². The molecule has 1 unspecified atom stereocenters. The lowest BCUT2D eigenvalue weighted by Crippen LogP contribution is -2.18. The Balaban J connectivity index is 1.82. The molecule has 116 valence electrons. The van der Waals surface area contributed by atoms with Crippen molar-refractivity contribution in [3.05, 3.63) is 30.3 Å². The number of hydrogen-bond donors (Lipinski definition) is 0. The van der Waals surface area contributed by atoms with E-state index in [0.717, 1.165) is 29.9 Å². The van der Waals surface area contributed by atoms with Crippen LogP contribution < -0.4 is 4.90 Å². The quantitative estimate of drug-likeness (QED) is 0.623. The molecule has 3 rings (SSSR count). The average molecular weight is 318 g/mol. The number of methoxy groups -OCH3 is 1. The lowest BCUT2D eigenvalue weighted by Gasteiger charge is -2.14. The van der Waals surface area contributed by atoms with Crippen LogP contribution in [0.15, 0.2) is 35.5 Å². The second kappa shape index (κ2) is 6.39. The second-order valence-electron chi connectivity index (χ2n) is 4.96. The van der Waals surface area contributed by atoms with E-state index >= 15 is 0 Å². The van der Waals surface area contributed by atoms with Gasteiger partial charge >= 0.3 is 5.97 Å². The van der Waals surface area contributed by atoms with E-state index in [1.54, 1.807) is 0 Å². The van der Waals surface area contributed by atoms with Crippen molar-refractivity contribution in [2.75, 3.05) is 18.6 Å². The highest BCUT2D eigenvalue weighted by atomic mass is 32.2. The van der Waals surface area contributed by atoms with Crippen LogP contribution in [0.3, 0.4) is 0 Å². The minimum Gasteiger partial charge on any atom is -0.468 e. The summed E-state index contributed by atoms with van der Waals surface area (Å²) in [5.41, 5.74) is 1.10. The van der Waals surface area contributed by atoms with E-state index in [1.807, 2.05) is 25.1 Å². The number of thioether (sulfide) groups is 1.